The van der Waals surface area contributed by atoms with Gasteiger partial charge in [0, 0.05) is 11.7 Å². The maximum absolute atomic E-state index is 5.70. The van der Waals surface area contributed by atoms with Gasteiger partial charge in [-0.15, -0.1) is 0 Å². The number of anilines is 1. The Hall–Kier alpha value is -1.02. The van der Waals surface area contributed by atoms with Crippen molar-refractivity contribution in [1.82, 2.24) is 4.90 Å². The van der Waals surface area contributed by atoms with E-state index in [1.54, 1.807) is 0 Å². The summed E-state index contributed by atoms with van der Waals surface area (Å²) in [6.07, 6.45) is 1.14. The Morgan fingerprint density at radius 2 is 1.60 bits per heavy atom. The fourth-order valence-corrected chi connectivity index (χ4v) is 2.09. The van der Waals surface area contributed by atoms with Crippen molar-refractivity contribution in [3.63, 3.8) is 0 Å². The van der Waals surface area contributed by atoms with Crippen LogP contribution in [0.25, 0.3) is 0 Å². The Morgan fingerprint density at radius 3 is 2.00 bits per heavy atom. The van der Waals surface area contributed by atoms with Crippen LogP contribution < -0.4 is 5.73 Å². The molecule has 2 heteroatoms. The van der Waals surface area contributed by atoms with Gasteiger partial charge in [0.15, 0.2) is 0 Å². The zero-order chi connectivity index (χ0) is 11.3. The summed E-state index contributed by atoms with van der Waals surface area (Å²) in [5, 5.41) is 0. The second kappa shape index (κ2) is 5.76. The molecule has 0 aliphatic rings. The summed E-state index contributed by atoms with van der Waals surface area (Å²) >= 11 is 0. The predicted molar refractivity (Wildman–Crippen MR) is 66.8 cm³/mol. The zero-order valence-electron chi connectivity index (χ0n) is 10.0. The lowest BCUT2D eigenvalue weighted by Crippen LogP contribution is -2.27. The number of hydrogen-bond donors (Lipinski definition) is 1. The SMILES string of the molecule is CCC(c1ccc(N)cc1)N(CC)CC. The summed E-state index contributed by atoms with van der Waals surface area (Å²) < 4.78 is 0. The normalized spacial score (nSPS) is 13.1. The molecule has 1 aromatic rings. The molecule has 0 heterocycles. The van der Waals surface area contributed by atoms with Gasteiger partial charge < -0.3 is 5.73 Å². The van der Waals surface area contributed by atoms with Crippen LogP contribution in [0.3, 0.4) is 0 Å². The van der Waals surface area contributed by atoms with Crippen molar-refractivity contribution < 1.29 is 0 Å². The number of nitrogen functional groups attached to an aromatic ring is 1. The first-order valence-corrected chi connectivity index (χ1v) is 5.82. The van der Waals surface area contributed by atoms with Crippen LogP contribution in [-0.4, -0.2) is 18.0 Å². The lowest BCUT2D eigenvalue weighted by molar-refractivity contribution is 0.213. The van der Waals surface area contributed by atoms with E-state index in [0.717, 1.165) is 25.2 Å². The van der Waals surface area contributed by atoms with Crippen LogP contribution in [0.4, 0.5) is 5.69 Å². The molecular formula is C13H22N2. The first kappa shape index (κ1) is 12.1. The number of nitrogens with two attached hydrogens (primary N) is 1. The first-order valence-electron chi connectivity index (χ1n) is 5.82. The van der Waals surface area contributed by atoms with Crippen LogP contribution in [0.5, 0.6) is 0 Å². The zero-order valence-corrected chi connectivity index (χ0v) is 10.0. The molecule has 0 saturated carbocycles. The van der Waals surface area contributed by atoms with Gasteiger partial charge in [0.2, 0.25) is 0 Å². The average molecular weight is 206 g/mol. The van der Waals surface area contributed by atoms with Gasteiger partial charge in [-0.3, -0.25) is 4.90 Å². The number of rotatable bonds is 5. The minimum atomic E-state index is 0.528. The van der Waals surface area contributed by atoms with Crippen molar-refractivity contribution in [2.45, 2.75) is 33.2 Å². The molecule has 0 spiro atoms. The predicted octanol–water partition coefficient (Wildman–Crippen LogP) is 3.06. The molecule has 0 bridgehead atoms. The van der Waals surface area contributed by atoms with Gasteiger partial charge in [-0.2, -0.15) is 0 Å². The monoisotopic (exact) mass is 206 g/mol. The first-order chi connectivity index (χ1) is 7.22. The van der Waals surface area contributed by atoms with Crippen molar-refractivity contribution >= 4 is 5.69 Å². The van der Waals surface area contributed by atoms with Crippen molar-refractivity contribution in [3.8, 4) is 0 Å². The smallest absolute Gasteiger partial charge is 0.0345 e. The summed E-state index contributed by atoms with van der Waals surface area (Å²) in [6, 6.07) is 8.78. The molecule has 0 radical (unpaired) electrons. The van der Waals surface area contributed by atoms with E-state index in [0.29, 0.717) is 6.04 Å². The number of nitrogens with zero attached hydrogens (tertiary/aromatic N) is 1. The lowest BCUT2D eigenvalue weighted by atomic mass is 10.0. The molecule has 0 aliphatic heterocycles. The van der Waals surface area contributed by atoms with E-state index in [4.69, 9.17) is 5.73 Å². The summed E-state index contributed by atoms with van der Waals surface area (Å²) in [6.45, 7) is 8.85. The van der Waals surface area contributed by atoms with Crippen LogP contribution in [0, 0.1) is 0 Å². The number of benzene rings is 1. The fraction of sp³-hybridized carbons (Fsp3) is 0.538. The minimum absolute atomic E-state index is 0.528. The van der Waals surface area contributed by atoms with Gasteiger partial charge in [0.05, 0.1) is 0 Å². The molecule has 0 aliphatic carbocycles. The molecule has 0 aromatic heterocycles. The van der Waals surface area contributed by atoms with Gasteiger partial charge >= 0.3 is 0 Å². The second-order valence-corrected chi connectivity index (χ2v) is 3.81. The van der Waals surface area contributed by atoms with E-state index in [9.17, 15) is 0 Å². The van der Waals surface area contributed by atoms with Gasteiger partial charge in [-0.1, -0.05) is 32.9 Å². The topological polar surface area (TPSA) is 29.3 Å². The third-order valence-electron chi connectivity index (χ3n) is 2.96. The largest absolute Gasteiger partial charge is 0.399 e. The molecule has 0 amide bonds. The Bertz CT molecular complexity index is 275. The maximum atomic E-state index is 5.70. The molecule has 1 rings (SSSR count). The third-order valence-corrected chi connectivity index (χ3v) is 2.96. The summed E-state index contributed by atoms with van der Waals surface area (Å²) in [5.74, 6) is 0. The summed E-state index contributed by atoms with van der Waals surface area (Å²) in [5.41, 5.74) is 7.91. The summed E-state index contributed by atoms with van der Waals surface area (Å²) in [4.78, 5) is 2.48. The van der Waals surface area contributed by atoms with E-state index in [-0.39, 0.29) is 0 Å². The summed E-state index contributed by atoms with van der Waals surface area (Å²) in [7, 11) is 0. The molecule has 0 fully saturated rings. The Kier molecular flexibility index (Phi) is 4.63. The quantitative estimate of drug-likeness (QED) is 0.750. The third kappa shape index (κ3) is 2.96. The average Bonchev–Trinajstić information content (AvgIpc) is 2.27. The highest BCUT2D eigenvalue weighted by molar-refractivity contribution is 5.40. The molecule has 2 nitrogen and oxygen atoms in total. The Morgan fingerprint density at radius 1 is 1.07 bits per heavy atom. The van der Waals surface area contributed by atoms with Gasteiger partial charge in [-0.05, 0) is 37.2 Å². The highest BCUT2D eigenvalue weighted by Crippen LogP contribution is 2.24. The number of hydrogen-bond acceptors (Lipinski definition) is 2. The van der Waals surface area contributed by atoms with E-state index < -0.39 is 0 Å². The molecule has 1 aromatic carbocycles. The van der Waals surface area contributed by atoms with E-state index >= 15 is 0 Å². The molecule has 1 unspecified atom stereocenters. The van der Waals surface area contributed by atoms with Crippen molar-refractivity contribution in [1.29, 1.82) is 0 Å². The molecule has 2 N–H and O–H groups in total. The van der Waals surface area contributed by atoms with Crippen molar-refractivity contribution in [2.75, 3.05) is 18.8 Å². The second-order valence-electron chi connectivity index (χ2n) is 3.81. The van der Waals surface area contributed by atoms with Gasteiger partial charge in [0.25, 0.3) is 0 Å². The molecule has 1 atom stereocenters. The molecule has 15 heavy (non-hydrogen) atoms. The Balaban J connectivity index is 2.86. The Labute approximate surface area is 93.1 Å². The molecule has 0 saturated heterocycles. The lowest BCUT2D eigenvalue weighted by Gasteiger charge is -2.29. The van der Waals surface area contributed by atoms with E-state index in [1.165, 1.54) is 5.56 Å². The van der Waals surface area contributed by atoms with Crippen molar-refractivity contribution in [2.24, 2.45) is 0 Å². The molecular weight excluding hydrogens is 184 g/mol. The maximum Gasteiger partial charge on any atom is 0.0345 e. The highest BCUT2D eigenvalue weighted by Gasteiger charge is 2.14. The van der Waals surface area contributed by atoms with E-state index in [1.807, 2.05) is 12.1 Å². The van der Waals surface area contributed by atoms with Crippen LogP contribution in [0.1, 0.15) is 38.8 Å². The van der Waals surface area contributed by atoms with Crippen LogP contribution in [0.2, 0.25) is 0 Å². The highest BCUT2D eigenvalue weighted by atomic mass is 15.1. The van der Waals surface area contributed by atoms with Crippen LogP contribution in [-0.2, 0) is 0 Å². The van der Waals surface area contributed by atoms with Crippen molar-refractivity contribution in [3.05, 3.63) is 29.8 Å². The van der Waals surface area contributed by atoms with E-state index in [2.05, 4.69) is 37.8 Å². The molecule has 84 valence electrons. The van der Waals surface area contributed by atoms with Gasteiger partial charge in [-0.25, -0.2) is 0 Å². The minimum Gasteiger partial charge on any atom is -0.399 e. The van der Waals surface area contributed by atoms with Gasteiger partial charge in [0.1, 0.15) is 0 Å². The fourth-order valence-electron chi connectivity index (χ4n) is 2.09. The van der Waals surface area contributed by atoms with Crippen LogP contribution >= 0.6 is 0 Å². The van der Waals surface area contributed by atoms with Crippen LogP contribution in [0.15, 0.2) is 24.3 Å². The standard InChI is InChI=1S/C13H22N2/c1-4-13(15(5-2)6-3)11-7-9-12(14)10-8-11/h7-10,13H,4-6,14H2,1-3H3.